The normalized spacial score (nSPS) is 20.8. The molecule has 2 rings (SSSR count). The molecule has 0 heterocycles. The molecule has 0 spiro atoms. The molecule has 0 fully saturated rings. The zero-order valence-electron chi connectivity index (χ0n) is 6.73. The summed E-state index contributed by atoms with van der Waals surface area (Å²) in [7, 11) is 0. The second kappa shape index (κ2) is 2.91. The Morgan fingerprint density at radius 2 is 2.00 bits per heavy atom. The van der Waals surface area contributed by atoms with E-state index < -0.39 is 17.8 Å². The van der Waals surface area contributed by atoms with Gasteiger partial charge in [-0.25, -0.2) is 13.2 Å². The Hall–Kier alpha value is -1.25. The van der Waals surface area contributed by atoms with Crippen LogP contribution in [0.4, 0.5) is 13.2 Å². The molecule has 1 aliphatic rings. The molecular weight excluding hydrogens is 177 g/mol. The van der Waals surface area contributed by atoms with Gasteiger partial charge in [0.25, 0.3) is 0 Å². The summed E-state index contributed by atoms with van der Waals surface area (Å²) in [4.78, 5) is 0. The molecule has 0 bridgehead atoms. The van der Waals surface area contributed by atoms with Gasteiger partial charge in [-0.2, -0.15) is 0 Å². The van der Waals surface area contributed by atoms with Crippen molar-refractivity contribution in [2.24, 2.45) is 0 Å². The van der Waals surface area contributed by atoms with E-state index in [1.54, 1.807) is 6.07 Å². The summed E-state index contributed by atoms with van der Waals surface area (Å²) in [5, 5.41) is 0. The number of hydrogen-bond acceptors (Lipinski definition) is 0. The molecule has 13 heavy (non-hydrogen) atoms. The molecule has 0 N–H and O–H groups in total. The van der Waals surface area contributed by atoms with Crippen LogP contribution in [0, 0.1) is 5.82 Å². The second-order valence-corrected chi connectivity index (χ2v) is 2.97. The van der Waals surface area contributed by atoms with Crippen molar-refractivity contribution >= 4 is 0 Å². The van der Waals surface area contributed by atoms with E-state index in [9.17, 15) is 13.2 Å². The quantitative estimate of drug-likeness (QED) is 0.580. The van der Waals surface area contributed by atoms with E-state index in [2.05, 4.69) is 0 Å². The lowest BCUT2D eigenvalue weighted by atomic mass is 9.94. The van der Waals surface area contributed by atoms with Gasteiger partial charge in [-0.05, 0) is 24.1 Å². The van der Waals surface area contributed by atoms with Crippen molar-refractivity contribution in [1.82, 2.24) is 0 Å². The lowest BCUT2D eigenvalue weighted by Crippen LogP contribution is -2.06. The largest absolute Gasteiger partial charge is 0.234 e. The molecule has 0 saturated carbocycles. The second-order valence-electron chi connectivity index (χ2n) is 2.97. The number of benzene rings is 1. The fraction of sp³-hybridized carbons (Fsp3) is 0.200. The third-order valence-corrected chi connectivity index (χ3v) is 2.16. The highest BCUT2D eigenvalue weighted by Crippen LogP contribution is 2.35. The van der Waals surface area contributed by atoms with Gasteiger partial charge in [0.2, 0.25) is 0 Å². The maximum absolute atomic E-state index is 13.1. The van der Waals surface area contributed by atoms with Gasteiger partial charge in [0, 0.05) is 5.56 Å². The van der Waals surface area contributed by atoms with Crippen LogP contribution < -0.4 is 0 Å². The van der Waals surface area contributed by atoms with E-state index in [1.807, 2.05) is 0 Å². The Bertz CT molecular complexity index is 368. The average Bonchev–Trinajstić information content (AvgIpc) is 2.12. The van der Waals surface area contributed by atoms with E-state index in [-0.39, 0.29) is 12.0 Å². The monoisotopic (exact) mass is 184 g/mol. The SMILES string of the molecule is FC1=CCc2cccc(F)c2C1F. The Balaban J connectivity index is 2.57. The highest BCUT2D eigenvalue weighted by atomic mass is 19.2. The number of alkyl halides is 1. The van der Waals surface area contributed by atoms with Crippen molar-refractivity contribution < 1.29 is 13.2 Å². The molecule has 0 radical (unpaired) electrons. The minimum absolute atomic E-state index is 0.150. The highest BCUT2D eigenvalue weighted by molar-refractivity contribution is 5.38. The first-order chi connectivity index (χ1) is 6.20. The molecule has 3 heteroatoms. The summed E-state index contributed by atoms with van der Waals surface area (Å²) in [5.74, 6) is -1.56. The third-order valence-electron chi connectivity index (χ3n) is 2.16. The minimum atomic E-state index is -1.93. The summed E-state index contributed by atoms with van der Waals surface area (Å²) in [6.07, 6.45) is -0.517. The molecule has 1 atom stereocenters. The Kier molecular flexibility index (Phi) is 1.87. The summed E-state index contributed by atoms with van der Waals surface area (Å²) >= 11 is 0. The Morgan fingerprint density at radius 1 is 1.23 bits per heavy atom. The van der Waals surface area contributed by atoms with Crippen LogP contribution >= 0.6 is 0 Å². The predicted molar refractivity (Wildman–Crippen MR) is 43.1 cm³/mol. The molecule has 1 aromatic rings. The number of allylic oxidation sites excluding steroid dienone is 2. The molecule has 68 valence electrons. The van der Waals surface area contributed by atoms with Gasteiger partial charge in [0.1, 0.15) is 11.6 Å². The van der Waals surface area contributed by atoms with Crippen molar-refractivity contribution in [2.75, 3.05) is 0 Å². The fourth-order valence-corrected chi connectivity index (χ4v) is 1.49. The predicted octanol–water partition coefficient (Wildman–Crippen LogP) is 3.25. The lowest BCUT2D eigenvalue weighted by molar-refractivity contribution is 0.317. The molecule has 1 aromatic carbocycles. The van der Waals surface area contributed by atoms with Gasteiger partial charge in [-0.3, -0.25) is 0 Å². The van der Waals surface area contributed by atoms with Crippen molar-refractivity contribution in [2.45, 2.75) is 12.6 Å². The number of hydrogen-bond donors (Lipinski definition) is 0. The van der Waals surface area contributed by atoms with Crippen molar-refractivity contribution in [3.05, 3.63) is 47.0 Å². The van der Waals surface area contributed by atoms with E-state index in [4.69, 9.17) is 0 Å². The Morgan fingerprint density at radius 3 is 2.77 bits per heavy atom. The first kappa shape index (κ1) is 8.35. The number of rotatable bonds is 0. The number of halogens is 3. The standard InChI is InChI=1S/C10H7F3/c11-7-3-1-2-6-4-5-8(12)10(13)9(6)7/h1-3,5,10H,4H2. The first-order valence-corrected chi connectivity index (χ1v) is 3.97. The van der Waals surface area contributed by atoms with Gasteiger partial charge < -0.3 is 0 Å². The van der Waals surface area contributed by atoms with Crippen LogP contribution in [0.15, 0.2) is 30.1 Å². The zero-order valence-corrected chi connectivity index (χ0v) is 6.73. The maximum atomic E-state index is 13.1. The summed E-state index contributed by atoms with van der Waals surface area (Å²) < 4.78 is 39.0. The van der Waals surface area contributed by atoms with Crippen LogP contribution in [0.1, 0.15) is 17.3 Å². The van der Waals surface area contributed by atoms with Gasteiger partial charge in [-0.15, -0.1) is 0 Å². The molecule has 0 nitrogen and oxygen atoms in total. The molecule has 0 aliphatic heterocycles. The maximum Gasteiger partial charge on any atom is 0.179 e. The van der Waals surface area contributed by atoms with Crippen LogP contribution in [-0.4, -0.2) is 0 Å². The topological polar surface area (TPSA) is 0 Å². The van der Waals surface area contributed by atoms with Crippen molar-refractivity contribution in [3.63, 3.8) is 0 Å². The minimum Gasteiger partial charge on any atom is -0.234 e. The number of fused-ring (bicyclic) bond motifs is 1. The van der Waals surface area contributed by atoms with Gasteiger partial charge in [0.15, 0.2) is 6.17 Å². The van der Waals surface area contributed by atoms with E-state index in [0.29, 0.717) is 5.56 Å². The van der Waals surface area contributed by atoms with Crippen LogP contribution in [-0.2, 0) is 6.42 Å². The summed E-state index contributed by atoms with van der Waals surface area (Å²) in [6, 6.07) is 4.25. The molecule has 1 unspecified atom stereocenters. The molecule has 0 aromatic heterocycles. The van der Waals surface area contributed by atoms with Crippen LogP contribution in [0.5, 0.6) is 0 Å². The van der Waals surface area contributed by atoms with Crippen LogP contribution in [0.25, 0.3) is 0 Å². The van der Waals surface area contributed by atoms with Crippen LogP contribution in [0.3, 0.4) is 0 Å². The smallest absolute Gasteiger partial charge is 0.179 e. The summed E-state index contributed by atoms with van der Waals surface area (Å²) in [5.41, 5.74) is 0.372. The average molecular weight is 184 g/mol. The Labute approximate surface area is 73.7 Å². The van der Waals surface area contributed by atoms with Gasteiger partial charge >= 0.3 is 0 Å². The summed E-state index contributed by atoms with van der Waals surface area (Å²) in [6.45, 7) is 0. The van der Waals surface area contributed by atoms with E-state index >= 15 is 0 Å². The molecule has 0 saturated heterocycles. The lowest BCUT2D eigenvalue weighted by Gasteiger charge is -2.16. The van der Waals surface area contributed by atoms with Crippen molar-refractivity contribution in [1.29, 1.82) is 0 Å². The van der Waals surface area contributed by atoms with E-state index in [0.717, 1.165) is 12.1 Å². The van der Waals surface area contributed by atoms with Crippen LogP contribution in [0.2, 0.25) is 0 Å². The molecule has 0 amide bonds. The highest BCUT2D eigenvalue weighted by Gasteiger charge is 2.25. The fourth-order valence-electron chi connectivity index (χ4n) is 1.49. The van der Waals surface area contributed by atoms with E-state index in [1.165, 1.54) is 6.07 Å². The molecular formula is C10H7F3. The zero-order chi connectivity index (χ0) is 9.42. The molecule has 1 aliphatic carbocycles. The first-order valence-electron chi connectivity index (χ1n) is 3.97. The third kappa shape index (κ3) is 1.24. The van der Waals surface area contributed by atoms with Gasteiger partial charge in [-0.1, -0.05) is 12.1 Å². The van der Waals surface area contributed by atoms with Gasteiger partial charge in [0.05, 0.1) is 0 Å². The van der Waals surface area contributed by atoms with Crippen molar-refractivity contribution in [3.8, 4) is 0 Å².